The van der Waals surface area contributed by atoms with Gasteiger partial charge in [-0.05, 0) is 36.8 Å². The molecule has 0 spiro atoms. The zero-order valence-electron chi connectivity index (χ0n) is 18.2. The number of hydrogen-bond donors (Lipinski definition) is 0. The first-order valence-corrected chi connectivity index (χ1v) is 10.8. The molecule has 4 heteroatoms. The first kappa shape index (κ1) is 24.3. The summed E-state index contributed by atoms with van der Waals surface area (Å²) in [5, 5.41) is 0. The van der Waals surface area contributed by atoms with Gasteiger partial charge in [0.15, 0.2) is 0 Å². The third-order valence-corrected chi connectivity index (χ3v) is 4.88. The standard InChI is InChI=1S/C26H36O4/c1-3-12-25(30-22-27-2)19-26(29-21-24-15-8-5-9-16-24)17-10-11-18-28-20-23-13-6-4-7-14-23/h3-9,13-16,25-26H,1,10-12,17-22H2,2H3/t25-,26-/m1/s1. The third kappa shape index (κ3) is 10.7. The number of benzene rings is 2. The molecule has 0 aliphatic carbocycles. The average Bonchev–Trinajstić information content (AvgIpc) is 2.79. The number of ether oxygens (including phenoxy) is 4. The van der Waals surface area contributed by atoms with Crippen molar-refractivity contribution in [3.63, 3.8) is 0 Å². The SMILES string of the molecule is C=CC[C@H](C[C@@H](CCCCOCc1ccccc1)OCc1ccccc1)OCOC. The summed E-state index contributed by atoms with van der Waals surface area (Å²) >= 11 is 0. The second-order valence-corrected chi connectivity index (χ2v) is 7.41. The molecule has 0 saturated heterocycles. The molecule has 2 aromatic rings. The van der Waals surface area contributed by atoms with E-state index in [0.717, 1.165) is 38.7 Å². The van der Waals surface area contributed by atoms with E-state index in [4.69, 9.17) is 18.9 Å². The van der Waals surface area contributed by atoms with E-state index < -0.39 is 0 Å². The zero-order chi connectivity index (χ0) is 21.3. The van der Waals surface area contributed by atoms with Crippen LogP contribution in [0.25, 0.3) is 0 Å². The van der Waals surface area contributed by atoms with Gasteiger partial charge >= 0.3 is 0 Å². The normalized spacial score (nSPS) is 13.1. The maximum absolute atomic E-state index is 6.26. The van der Waals surface area contributed by atoms with Crippen LogP contribution in [-0.4, -0.2) is 32.7 Å². The van der Waals surface area contributed by atoms with Gasteiger partial charge in [0.25, 0.3) is 0 Å². The highest BCUT2D eigenvalue weighted by Gasteiger charge is 2.17. The van der Waals surface area contributed by atoms with Crippen molar-refractivity contribution in [3.8, 4) is 0 Å². The molecule has 0 fully saturated rings. The van der Waals surface area contributed by atoms with Gasteiger partial charge in [0, 0.05) is 20.1 Å². The summed E-state index contributed by atoms with van der Waals surface area (Å²) in [6, 6.07) is 20.6. The Bertz CT molecular complexity index is 659. The molecule has 0 saturated carbocycles. The molecule has 2 rings (SSSR count). The van der Waals surface area contributed by atoms with E-state index in [2.05, 4.69) is 30.8 Å². The van der Waals surface area contributed by atoms with Crippen LogP contribution in [-0.2, 0) is 32.2 Å². The zero-order valence-corrected chi connectivity index (χ0v) is 18.2. The number of methoxy groups -OCH3 is 1. The van der Waals surface area contributed by atoms with Crippen molar-refractivity contribution in [1.82, 2.24) is 0 Å². The van der Waals surface area contributed by atoms with Crippen molar-refractivity contribution < 1.29 is 18.9 Å². The summed E-state index contributed by atoms with van der Waals surface area (Å²) in [7, 11) is 1.64. The molecule has 30 heavy (non-hydrogen) atoms. The van der Waals surface area contributed by atoms with Gasteiger partial charge in [0.2, 0.25) is 0 Å². The predicted octanol–water partition coefficient (Wildman–Crippen LogP) is 5.91. The molecule has 4 nitrogen and oxygen atoms in total. The number of hydrogen-bond acceptors (Lipinski definition) is 4. The van der Waals surface area contributed by atoms with Gasteiger partial charge in [-0.25, -0.2) is 0 Å². The molecule has 0 unspecified atom stereocenters. The third-order valence-electron chi connectivity index (χ3n) is 4.88. The lowest BCUT2D eigenvalue weighted by Gasteiger charge is -2.23. The molecule has 0 aliphatic rings. The average molecular weight is 413 g/mol. The van der Waals surface area contributed by atoms with Crippen LogP contribution in [0.3, 0.4) is 0 Å². The summed E-state index contributed by atoms with van der Waals surface area (Å²) < 4.78 is 23.0. The van der Waals surface area contributed by atoms with Crippen LogP contribution in [0, 0.1) is 0 Å². The fourth-order valence-corrected chi connectivity index (χ4v) is 3.27. The maximum atomic E-state index is 6.26. The molecule has 164 valence electrons. The Balaban J connectivity index is 1.76. The minimum Gasteiger partial charge on any atom is -0.377 e. The Labute approximate surface area is 181 Å². The fraction of sp³-hybridized carbons (Fsp3) is 0.462. The summed E-state index contributed by atoms with van der Waals surface area (Å²) in [4.78, 5) is 0. The largest absolute Gasteiger partial charge is 0.377 e. The first-order valence-electron chi connectivity index (χ1n) is 10.8. The van der Waals surface area contributed by atoms with E-state index >= 15 is 0 Å². The van der Waals surface area contributed by atoms with Crippen LogP contribution < -0.4 is 0 Å². The lowest BCUT2D eigenvalue weighted by Crippen LogP contribution is -2.24. The van der Waals surface area contributed by atoms with E-state index in [-0.39, 0.29) is 19.0 Å². The smallest absolute Gasteiger partial charge is 0.146 e. The highest BCUT2D eigenvalue weighted by molar-refractivity contribution is 5.14. The molecule has 2 aromatic carbocycles. The van der Waals surface area contributed by atoms with Gasteiger partial charge in [-0.2, -0.15) is 0 Å². The van der Waals surface area contributed by atoms with Gasteiger partial charge in [-0.1, -0.05) is 66.7 Å². The molecular formula is C26H36O4. The second-order valence-electron chi connectivity index (χ2n) is 7.41. The molecule has 0 bridgehead atoms. The van der Waals surface area contributed by atoms with Crippen LogP contribution in [0.2, 0.25) is 0 Å². The molecule has 0 aliphatic heterocycles. The van der Waals surface area contributed by atoms with Crippen molar-refractivity contribution >= 4 is 0 Å². The van der Waals surface area contributed by atoms with E-state index in [0.29, 0.717) is 13.2 Å². The Morgan fingerprint density at radius 1 is 0.833 bits per heavy atom. The quantitative estimate of drug-likeness (QED) is 0.184. The molecule has 0 heterocycles. The van der Waals surface area contributed by atoms with E-state index in [9.17, 15) is 0 Å². The Kier molecular flexibility index (Phi) is 12.8. The molecule has 0 radical (unpaired) electrons. The van der Waals surface area contributed by atoms with E-state index in [1.54, 1.807) is 7.11 Å². The molecule has 0 amide bonds. The lowest BCUT2D eigenvalue weighted by atomic mass is 10.0. The van der Waals surface area contributed by atoms with Crippen molar-refractivity contribution in [2.45, 2.75) is 57.5 Å². The van der Waals surface area contributed by atoms with E-state index in [1.165, 1.54) is 11.1 Å². The number of rotatable bonds is 17. The minimum absolute atomic E-state index is 0.0533. The second kappa shape index (κ2) is 15.8. The topological polar surface area (TPSA) is 36.9 Å². The Morgan fingerprint density at radius 3 is 2.13 bits per heavy atom. The van der Waals surface area contributed by atoms with Crippen LogP contribution in [0.15, 0.2) is 73.3 Å². The van der Waals surface area contributed by atoms with Crippen molar-refractivity contribution in [2.75, 3.05) is 20.5 Å². The lowest BCUT2D eigenvalue weighted by molar-refractivity contribution is -0.0922. The predicted molar refractivity (Wildman–Crippen MR) is 121 cm³/mol. The maximum Gasteiger partial charge on any atom is 0.146 e. The Hall–Kier alpha value is -1.98. The highest BCUT2D eigenvalue weighted by atomic mass is 16.7. The van der Waals surface area contributed by atoms with Gasteiger partial charge in [0.05, 0.1) is 25.4 Å². The summed E-state index contributed by atoms with van der Waals surface area (Å²) in [6.07, 6.45) is 6.74. The van der Waals surface area contributed by atoms with Crippen molar-refractivity contribution in [1.29, 1.82) is 0 Å². The first-order chi connectivity index (χ1) is 14.8. The summed E-state index contributed by atoms with van der Waals surface area (Å²) in [5.41, 5.74) is 2.40. The molecule has 0 N–H and O–H groups in total. The summed E-state index contributed by atoms with van der Waals surface area (Å²) in [6.45, 7) is 6.18. The van der Waals surface area contributed by atoms with Crippen LogP contribution >= 0.6 is 0 Å². The molecular weight excluding hydrogens is 376 g/mol. The van der Waals surface area contributed by atoms with Gasteiger partial charge in [-0.15, -0.1) is 6.58 Å². The molecule has 2 atom stereocenters. The van der Waals surface area contributed by atoms with Crippen LogP contribution in [0.1, 0.15) is 43.2 Å². The van der Waals surface area contributed by atoms with Crippen molar-refractivity contribution in [2.24, 2.45) is 0 Å². The molecule has 0 aromatic heterocycles. The van der Waals surface area contributed by atoms with Crippen LogP contribution in [0.5, 0.6) is 0 Å². The van der Waals surface area contributed by atoms with Crippen LogP contribution in [0.4, 0.5) is 0 Å². The minimum atomic E-state index is 0.0533. The summed E-state index contributed by atoms with van der Waals surface area (Å²) in [5.74, 6) is 0. The Morgan fingerprint density at radius 2 is 1.50 bits per heavy atom. The van der Waals surface area contributed by atoms with Gasteiger partial charge in [0.1, 0.15) is 6.79 Å². The van der Waals surface area contributed by atoms with E-state index in [1.807, 2.05) is 42.5 Å². The monoisotopic (exact) mass is 412 g/mol. The van der Waals surface area contributed by atoms with Crippen molar-refractivity contribution in [3.05, 3.63) is 84.4 Å². The van der Waals surface area contributed by atoms with Gasteiger partial charge < -0.3 is 18.9 Å². The highest BCUT2D eigenvalue weighted by Crippen LogP contribution is 2.18. The van der Waals surface area contributed by atoms with Gasteiger partial charge in [-0.3, -0.25) is 0 Å². The fourth-order valence-electron chi connectivity index (χ4n) is 3.27. The number of unbranched alkanes of at least 4 members (excludes halogenated alkanes) is 1.